The molecule has 0 aliphatic rings. The maximum atomic E-state index is 5.81. The van der Waals surface area contributed by atoms with E-state index in [9.17, 15) is 0 Å². The maximum absolute atomic E-state index is 5.81. The number of benzene rings is 1. The van der Waals surface area contributed by atoms with Gasteiger partial charge in [-0.05, 0) is 31.2 Å². The highest BCUT2D eigenvalue weighted by Gasteiger charge is 2.06. The monoisotopic (exact) mass is 299 g/mol. The largest absolute Gasteiger partial charge is 0.493 e. The van der Waals surface area contributed by atoms with Gasteiger partial charge in [0.25, 0.3) is 0 Å². The lowest BCUT2D eigenvalue weighted by atomic mass is 10.3. The molecule has 2 nitrogen and oxygen atoms in total. The summed E-state index contributed by atoms with van der Waals surface area (Å²) in [5.74, 6) is 1.59. The molecule has 2 aromatic rings. The number of thiazole rings is 1. The average Bonchev–Trinajstić information content (AvgIpc) is 2.72. The maximum Gasteiger partial charge on any atom is 0.119 e. The normalized spacial score (nSPS) is 10.6. The number of nitrogens with zero attached hydrogens (tertiary/aromatic N) is 1. The summed E-state index contributed by atoms with van der Waals surface area (Å²) in [5, 5.41) is 1.82. The van der Waals surface area contributed by atoms with Crippen LogP contribution in [-0.2, 0) is 12.2 Å². The fourth-order valence-corrected chi connectivity index (χ4v) is 2.99. The Morgan fingerprint density at radius 2 is 2.06 bits per heavy atom. The number of aryl methyl sites for hydroxylation is 1. The van der Waals surface area contributed by atoms with Gasteiger partial charge in [0.15, 0.2) is 0 Å². The molecule has 2 rings (SSSR count). The van der Waals surface area contributed by atoms with Gasteiger partial charge in [-0.3, -0.25) is 0 Å². The molecule has 0 aliphatic heterocycles. The van der Waals surface area contributed by atoms with Gasteiger partial charge in [0, 0.05) is 22.1 Å². The summed E-state index contributed by atoms with van der Waals surface area (Å²) < 4.78 is 5.64. The summed E-state index contributed by atoms with van der Waals surface area (Å²) in [6.07, 6.45) is 0.821. The van der Waals surface area contributed by atoms with Crippen molar-refractivity contribution in [3.8, 4) is 5.75 Å². The third-order valence-electron chi connectivity index (χ3n) is 2.48. The smallest absolute Gasteiger partial charge is 0.119 e. The molecule has 0 atom stereocenters. The molecule has 0 saturated carbocycles. The Morgan fingerprint density at radius 3 is 2.67 bits per heavy atom. The average molecular weight is 300 g/mol. The quantitative estimate of drug-likeness (QED) is 0.838. The van der Waals surface area contributed by atoms with Gasteiger partial charge >= 0.3 is 0 Å². The van der Waals surface area contributed by atoms with E-state index in [0.29, 0.717) is 6.61 Å². The molecule has 18 heavy (non-hydrogen) atoms. The van der Waals surface area contributed by atoms with E-state index >= 15 is 0 Å². The first-order valence-corrected chi connectivity index (χ1v) is 7.46. The molecule has 0 saturated heterocycles. The van der Waals surface area contributed by atoms with E-state index in [1.807, 2.05) is 31.2 Å². The molecule has 96 valence electrons. The molecular formula is C13H14ClNOS2. The summed E-state index contributed by atoms with van der Waals surface area (Å²) >= 11 is 11.8. The number of hydrogen-bond donors (Lipinski definition) is 1. The van der Waals surface area contributed by atoms with Crippen LogP contribution in [0.2, 0.25) is 5.02 Å². The number of aromatic nitrogens is 1. The van der Waals surface area contributed by atoms with Crippen LogP contribution < -0.4 is 4.74 Å². The molecule has 0 radical (unpaired) electrons. The Bertz CT molecular complexity index is 510. The van der Waals surface area contributed by atoms with Crippen molar-refractivity contribution in [1.82, 2.24) is 4.98 Å². The predicted octanol–water partition coefficient (Wildman–Crippen LogP) is 4.16. The van der Waals surface area contributed by atoms with Gasteiger partial charge in [0.1, 0.15) is 5.75 Å². The summed E-state index contributed by atoms with van der Waals surface area (Å²) in [5.41, 5.74) is 1.08. The topological polar surface area (TPSA) is 22.1 Å². The minimum absolute atomic E-state index is 0.626. The molecule has 0 aliphatic carbocycles. The SMILES string of the molecule is Cc1nc(CCOc2ccc(Cl)cc2)sc1CS. The van der Waals surface area contributed by atoms with Crippen molar-refractivity contribution >= 4 is 35.6 Å². The van der Waals surface area contributed by atoms with Gasteiger partial charge in [0.05, 0.1) is 17.3 Å². The molecular weight excluding hydrogens is 286 g/mol. The first kappa shape index (κ1) is 13.7. The molecule has 0 amide bonds. The van der Waals surface area contributed by atoms with Crippen LogP contribution in [0.25, 0.3) is 0 Å². The van der Waals surface area contributed by atoms with E-state index in [0.717, 1.165) is 33.6 Å². The summed E-state index contributed by atoms with van der Waals surface area (Å²) in [6.45, 7) is 2.65. The zero-order chi connectivity index (χ0) is 13.0. The molecule has 1 aromatic heterocycles. The lowest BCUT2D eigenvalue weighted by molar-refractivity contribution is 0.321. The molecule has 1 aromatic carbocycles. The summed E-state index contributed by atoms with van der Waals surface area (Å²) in [4.78, 5) is 5.73. The van der Waals surface area contributed by atoms with Crippen LogP contribution in [0.5, 0.6) is 5.75 Å². The van der Waals surface area contributed by atoms with Crippen molar-refractivity contribution in [2.75, 3.05) is 6.61 Å². The number of ether oxygens (including phenoxy) is 1. The van der Waals surface area contributed by atoms with Gasteiger partial charge < -0.3 is 4.74 Å². The van der Waals surface area contributed by atoms with E-state index in [-0.39, 0.29) is 0 Å². The second kappa shape index (κ2) is 6.45. The van der Waals surface area contributed by atoms with Crippen LogP contribution in [0.15, 0.2) is 24.3 Å². The molecule has 5 heteroatoms. The van der Waals surface area contributed by atoms with Crippen LogP contribution in [0.3, 0.4) is 0 Å². The molecule has 0 spiro atoms. The Balaban J connectivity index is 1.86. The second-order valence-electron chi connectivity index (χ2n) is 3.83. The van der Waals surface area contributed by atoms with Gasteiger partial charge in [-0.25, -0.2) is 4.98 Å². The first-order chi connectivity index (χ1) is 8.69. The van der Waals surface area contributed by atoms with Crippen molar-refractivity contribution in [2.45, 2.75) is 19.1 Å². The lowest BCUT2D eigenvalue weighted by Crippen LogP contribution is -2.00. The summed E-state index contributed by atoms with van der Waals surface area (Å²) in [6, 6.07) is 7.38. The van der Waals surface area contributed by atoms with Crippen LogP contribution in [0.4, 0.5) is 0 Å². The Labute approximate surface area is 121 Å². The third kappa shape index (κ3) is 3.64. The van der Waals surface area contributed by atoms with E-state index in [1.54, 1.807) is 11.3 Å². The van der Waals surface area contributed by atoms with Gasteiger partial charge in [-0.2, -0.15) is 12.6 Å². The van der Waals surface area contributed by atoms with Crippen molar-refractivity contribution in [3.05, 3.63) is 44.9 Å². The standard InChI is InChI=1S/C13H14ClNOS2/c1-9-12(8-17)18-13(15-9)6-7-16-11-4-2-10(14)3-5-11/h2-5,17H,6-8H2,1H3. The summed E-state index contributed by atoms with van der Waals surface area (Å²) in [7, 11) is 0. The second-order valence-corrected chi connectivity index (χ2v) is 5.75. The number of rotatable bonds is 5. The van der Waals surface area contributed by atoms with Gasteiger partial charge in [-0.15, -0.1) is 11.3 Å². The van der Waals surface area contributed by atoms with Gasteiger partial charge in [-0.1, -0.05) is 11.6 Å². The Hall–Kier alpha value is -0.710. The van der Waals surface area contributed by atoms with Crippen molar-refractivity contribution in [3.63, 3.8) is 0 Å². The van der Waals surface area contributed by atoms with Crippen molar-refractivity contribution in [2.24, 2.45) is 0 Å². The number of hydrogen-bond acceptors (Lipinski definition) is 4. The van der Waals surface area contributed by atoms with E-state index in [2.05, 4.69) is 17.6 Å². The highest BCUT2D eigenvalue weighted by atomic mass is 35.5. The van der Waals surface area contributed by atoms with Crippen LogP contribution in [0.1, 0.15) is 15.6 Å². The van der Waals surface area contributed by atoms with Crippen molar-refractivity contribution < 1.29 is 4.74 Å². The fraction of sp³-hybridized carbons (Fsp3) is 0.308. The first-order valence-electron chi connectivity index (χ1n) is 5.63. The minimum atomic E-state index is 0.626. The van der Waals surface area contributed by atoms with E-state index in [1.165, 1.54) is 4.88 Å². The zero-order valence-corrected chi connectivity index (χ0v) is 12.5. The number of halogens is 1. The molecule has 0 unspecified atom stereocenters. The fourth-order valence-electron chi connectivity index (χ4n) is 1.53. The third-order valence-corrected chi connectivity index (χ3v) is 4.48. The Morgan fingerprint density at radius 1 is 1.33 bits per heavy atom. The highest BCUT2D eigenvalue weighted by molar-refractivity contribution is 7.79. The molecule has 0 bridgehead atoms. The van der Waals surface area contributed by atoms with Crippen LogP contribution in [0, 0.1) is 6.92 Å². The predicted molar refractivity (Wildman–Crippen MR) is 80.2 cm³/mol. The van der Waals surface area contributed by atoms with Crippen LogP contribution in [-0.4, -0.2) is 11.6 Å². The van der Waals surface area contributed by atoms with Crippen LogP contribution >= 0.6 is 35.6 Å². The number of thiol groups is 1. The molecule has 0 fully saturated rings. The molecule has 0 N–H and O–H groups in total. The Kier molecular flexibility index (Phi) is 4.92. The van der Waals surface area contributed by atoms with Gasteiger partial charge in [0.2, 0.25) is 0 Å². The zero-order valence-electron chi connectivity index (χ0n) is 10.0. The minimum Gasteiger partial charge on any atom is -0.493 e. The van der Waals surface area contributed by atoms with E-state index in [4.69, 9.17) is 16.3 Å². The highest BCUT2D eigenvalue weighted by Crippen LogP contribution is 2.21. The van der Waals surface area contributed by atoms with Crippen molar-refractivity contribution in [1.29, 1.82) is 0 Å². The van der Waals surface area contributed by atoms with E-state index < -0.39 is 0 Å². The lowest BCUT2D eigenvalue weighted by Gasteiger charge is -2.04. The molecule has 1 heterocycles.